The Bertz CT molecular complexity index is 768. The summed E-state index contributed by atoms with van der Waals surface area (Å²) in [6.07, 6.45) is -1.97. The Morgan fingerprint density at radius 2 is 1.92 bits per heavy atom. The smallest absolute Gasteiger partial charge is 0.266 e. The summed E-state index contributed by atoms with van der Waals surface area (Å²) in [6, 6.07) is 9.75. The van der Waals surface area contributed by atoms with E-state index in [1.165, 1.54) is 12.1 Å². The monoisotopic (exact) mass is 371 g/mol. The van der Waals surface area contributed by atoms with Crippen molar-refractivity contribution in [3.63, 3.8) is 0 Å². The molecule has 2 aromatic carbocycles. The number of alkyl halides is 2. The highest BCUT2D eigenvalue weighted by atomic mass is 35.5. The predicted octanol–water partition coefficient (Wildman–Crippen LogP) is 4.79. The zero-order valence-electron chi connectivity index (χ0n) is 12.4. The summed E-state index contributed by atoms with van der Waals surface area (Å²) >= 11 is 12.1. The summed E-state index contributed by atoms with van der Waals surface area (Å²) in [7, 11) is 0. The summed E-state index contributed by atoms with van der Waals surface area (Å²) in [4.78, 5) is 14.1. The van der Waals surface area contributed by atoms with Gasteiger partial charge in [0, 0.05) is 18.1 Å². The van der Waals surface area contributed by atoms with E-state index in [2.05, 4.69) is 0 Å². The van der Waals surface area contributed by atoms with Crippen LogP contribution in [0.2, 0.25) is 10.0 Å². The highest BCUT2D eigenvalue weighted by Gasteiger charge is 2.30. The van der Waals surface area contributed by atoms with E-state index in [1.54, 1.807) is 29.2 Å². The van der Waals surface area contributed by atoms with Crippen molar-refractivity contribution in [3.05, 3.63) is 63.1 Å². The molecule has 1 amide bonds. The van der Waals surface area contributed by atoms with Crippen LogP contribution in [-0.2, 0) is 13.1 Å². The lowest BCUT2D eigenvalue weighted by Gasteiger charge is -2.16. The second-order valence-corrected chi connectivity index (χ2v) is 6.25. The first kappa shape index (κ1) is 17.0. The van der Waals surface area contributed by atoms with Gasteiger partial charge in [0.15, 0.2) is 6.67 Å². The number of hydrogen-bond donors (Lipinski definition) is 0. The molecule has 24 heavy (non-hydrogen) atoms. The first-order valence-electron chi connectivity index (χ1n) is 7.20. The molecule has 0 N–H and O–H groups in total. The molecule has 0 bridgehead atoms. The normalized spacial score (nSPS) is 14.7. The van der Waals surface area contributed by atoms with E-state index in [1.807, 2.05) is 0 Å². The lowest BCUT2D eigenvalue weighted by molar-refractivity contribution is 0.0434. The third-order valence-corrected chi connectivity index (χ3v) is 4.20. The van der Waals surface area contributed by atoms with E-state index in [4.69, 9.17) is 27.9 Å². The van der Waals surface area contributed by atoms with Crippen molar-refractivity contribution in [1.82, 2.24) is 4.90 Å². The number of ether oxygens (including phenoxy) is 1. The molecule has 7 heteroatoms. The van der Waals surface area contributed by atoms with Crippen molar-refractivity contribution in [2.75, 3.05) is 6.67 Å². The van der Waals surface area contributed by atoms with Crippen molar-refractivity contribution in [3.8, 4) is 5.75 Å². The molecule has 1 atom stereocenters. The van der Waals surface area contributed by atoms with Crippen LogP contribution in [0.25, 0.3) is 0 Å². The van der Waals surface area contributed by atoms with E-state index in [-0.39, 0.29) is 11.7 Å². The van der Waals surface area contributed by atoms with Gasteiger partial charge in [-0.3, -0.25) is 4.79 Å². The number of rotatable bonds is 5. The first-order valence-corrected chi connectivity index (χ1v) is 7.96. The van der Waals surface area contributed by atoms with E-state index in [9.17, 15) is 13.6 Å². The number of amides is 1. The summed E-state index contributed by atoms with van der Waals surface area (Å²) in [5.74, 6) is 0.0722. The Labute approximate surface area is 147 Å². The molecule has 126 valence electrons. The van der Waals surface area contributed by atoms with Crippen LogP contribution < -0.4 is 4.74 Å². The molecule has 0 fully saturated rings. The zero-order valence-corrected chi connectivity index (χ0v) is 14.0. The van der Waals surface area contributed by atoms with Crippen molar-refractivity contribution >= 4 is 29.1 Å². The van der Waals surface area contributed by atoms with Crippen LogP contribution in [0.4, 0.5) is 8.78 Å². The highest BCUT2D eigenvalue weighted by Crippen LogP contribution is 2.33. The Morgan fingerprint density at radius 3 is 2.58 bits per heavy atom. The van der Waals surface area contributed by atoms with Crippen molar-refractivity contribution in [2.24, 2.45) is 0 Å². The van der Waals surface area contributed by atoms with Crippen LogP contribution in [0.5, 0.6) is 5.75 Å². The van der Waals surface area contributed by atoms with Gasteiger partial charge in [0.05, 0.1) is 10.6 Å². The third kappa shape index (κ3) is 3.47. The molecule has 3 rings (SSSR count). The van der Waals surface area contributed by atoms with Gasteiger partial charge < -0.3 is 9.64 Å². The van der Waals surface area contributed by atoms with Gasteiger partial charge in [-0.25, -0.2) is 4.39 Å². The van der Waals surface area contributed by atoms with Gasteiger partial charge in [-0.2, -0.15) is 4.39 Å². The first-order chi connectivity index (χ1) is 11.5. The molecule has 0 aromatic heterocycles. The molecule has 2 aromatic rings. The average Bonchev–Trinajstić information content (AvgIpc) is 2.85. The largest absolute Gasteiger partial charge is 0.458 e. The molecule has 0 radical (unpaired) electrons. The minimum Gasteiger partial charge on any atom is -0.458 e. The molecule has 0 saturated heterocycles. The minimum absolute atomic E-state index is 0.159. The van der Waals surface area contributed by atoms with Crippen LogP contribution in [0, 0.1) is 0 Å². The Balaban J connectivity index is 1.71. The second-order valence-electron chi connectivity index (χ2n) is 5.41. The molecule has 1 aliphatic rings. The van der Waals surface area contributed by atoms with Gasteiger partial charge >= 0.3 is 0 Å². The van der Waals surface area contributed by atoms with Gasteiger partial charge in [-0.05, 0) is 35.4 Å². The van der Waals surface area contributed by atoms with Crippen LogP contribution in [0.1, 0.15) is 21.5 Å². The summed E-state index contributed by atoms with van der Waals surface area (Å²) in [5.41, 5.74) is 2.10. The lowest BCUT2D eigenvalue weighted by atomic mass is 10.1. The number of hydrogen-bond acceptors (Lipinski definition) is 2. The van der Waals surface area contributed by atoms with Gasteiger partial charge in [0.1, 0.15) is 5.75 Å². The van der Waals surface area contributed by atoms with E-state index in [0.29, 0.717) is 28.7 Å². The van der Waals surface area contributed by atoms with Crippen LogP contribution in [-0.4, -0.2) is 23.8 Å². The van der Waals surface area contributed by atoms with Crippen LogP contribution in [0.3, 0.4) is 0 Å². The van der Waals surface area contributed by atoms with Crippen molar-refractivity contribution in [1.29, 1.82) is 0 Å². The van der Waals surface area contributed by atoms with Crippen LogP contribution in [0.15, 0.2) is 36.4 Å². The molecule has 1 heterocycles. The van der Waals surface area contributed by atoms with E-state index < -0.39 is 13.0 Å². The fraction of sp³-hybridized carbons (Fsp3) is 0.235. The maximum absolute atomic E-state index is 12.8. The van der Waals surface area contributed by atoms with Crippen LogP contribution >= 0.6 is 23.2 Å². The fourth-order valence-electron chi connectivity index (χ4n) is 2.63. The number of benzene rings is 2. The number of carbonyl (C=O) groups is 1. The zero-order chi connectivity index (χ0) is 17.3. The maximum atomic E-state index is 12.8. The molecule has 3 nitrogen and oxygen atoms in total. The lowest BCUT2D eigenvalue weighted by Crippen LogP contribution is -2.23. The second kappa shape index (κ2) is 6.95. The van der Waals surface area contributed by atoms with Crippen molar-refractivity contribution in [2.45, 2.75) is 19.4 Å². The number of carbonyl (C=O) groups excluding carboxylic acids is 1. The topological polar surface area (TPSA) is 29.5 Å². The van der Waals surface area contributed by atoms with Gasteiger partial charge in [-0.15, -0.1) is 0 Å². The minimum atomic E-state index is -1.97. The summed E-state index contributed by atoms with van der Waals surface area (Å²) < 4.78 is 29.7. The van der Waals surface area contributed by atoms with Crippen molar-refractivity contribution < 1.29 is 18.3 Å². The summed E-state index contributed by atoms with van der Waals surface area (Å²) in [6.45, 7) is -0.420. The molecule has 0 aliphatic carbocycles. The Hall–Kier alpha value is -1.85. The molecule has 1 aliphatic heterocycles. The highest BCUT2D eigenvalue weighted by molar-refractivity contribution is 6.37. The number of nitrogens with zero attached hydrogens (tertiary/aromatic N) is 1. The SMILES string of the molecule is O=C1c2c(Cl)cc(Cl)cc2CN1Cc1ccc(OC(F)CF)cc1. The summed E-state index contributed by atoms with van der Waals surface area (Å²) in [5, 5.41) is 0.831. The van der Waals surface area contributed by atoms with E-state index in [0.717, 1.165) is 11.1 Å². The van der Waals surface area contributed by atoms with E-state index >= 15 is 0 Å². The Kier molecular flexibility index (Phi) is 4.92. The van der Waals surface area contributed by atoms with Gasteiger partial charge in [-0.1, -0.05) is 35.3 Å². The quantitative estimate of drug-likeness (QED) is 0.755. The molecule has 0 saturated carbocycles. The predicted molar refractivity (Wildman–Crippen MR) is 88.0 cm³/mol. The number of halogens is 4. The Morgan fingerprint density at radius 1 is 1.21 bits per heavy atom. The van der Waals surface area contributed by atoms with Gasteiger partial charge in [0.2, 0.25) is 0 Å². The third-order valence-electron chi connectivity index (χ3n) is 3.68. The molecular weight excluding hydrogens is 359 g/mol. The van der Waals surface area contributed by atoms with Gasteiger partial charge in [0.25, 0.3) is 12.3 Å². The maximum Gasteiger partial charge on any atom is 0.266 e. The molecule has 1 unspecified atom stereocenters. The average molecular weight is 372 g/mol. The molecular formula is C17H13Cl2F2NO2. The standard InChI is InChI=1S/C17H13Cl2F2NO2/c18-12-5-11-9-22(17(23)16(11)14(19)6-12)8-10-1-3-13(4-2-10)24-15(21)7-20/h1-6,15H,7-9H2. The number of fused-ring (bicyclic) bond motifs is 1. The fourth-order valence-corrected chi connectivity index (χ4v) is 3.24. The molecule has 0 spiro atoms.